The van der Waals surface area contributed by atoms with Gasteiger partial charge in [-0.05, 0) is 60.7 Å². The first kappa shape index (κ1) is 16.6. The van der Waals surface area contributed by atoms with Gasteiger partial charge >= 0.3 is 0 Å². The van der Waals surface area contributed by atoms with Crippen LogP contribution in [-0.2, 0) is 0 Å². The van der Waals surface area contributed by atoms with Crippen LogP contribution in [0.5, 0.6) is 0 Å². The fourth-order valence-electron chi connectivity index (χ4n) is 2.12. The molecule has 124 valence electrons. The highest BCUT2D eigenvalue weighted by Gasteiger charge is 2.09. The number of aromatic nitrogens is 2. The predicted molar refractivity (Wildman–Crippen MR) is 95.6 cm³/mol. The Morgan fingerprint density at radius 1 is 0.769 bits per heavy atom. The minimum atomic E-state index is -0.396. The van der Waals surface area contributed by atoms with Crippen molar-refractivity contribution in [2.75, 3.05) is 10.6 Å². The van der Waals surface area contributed by atoms with Crippen LogP contribution in [0.15, 0.2) is 60.7 Å². The molecule has 0 bridgehead atoms. The van der Waals surface area contributed by atoms with Crippen LogP contribution in [0.3, 0.4) is 0 Å². The molecule has 7 nitrogen and oxygen atoms in total. The Bertz CT molecular complexity index is 996. The highest BCUT2D eigenvalue weighted by Crippen LogP contribution is 2.15. The van der Waals surface area contributed by atoms with Gasteiger partial charge in [0, 0.05) is 11.4 Å². The maximum Gasteiger partial charge on any atom is 0.276 e. The van der Waals surface area contributed by atoms with Gasteiger partial charge in [-0.1, -0.05) is 0 Å². The van der Waals surface area contributed by atoms with Crippen molar-refractivity contribution in [2.24, 2.45) is 0 Å². The fraction of sp³-hybridized carbons (Fsp3) is 0. The van der Waals surface area contributed by atoms with E-state index in [1.165, 1.54) is 0 Å². The Hall–Kier alpha value is -4.23. The van der Waals surface area contributed by atoms with E-state index in [1.54, 1.807) is 60.7 Å². The Labute approximate surface area is 149 Å². The second-order valence-electron chi connectivity index (χ2n) is 5.26. The summed E-state index contributed by atoms with van der Waals surface area (Å²) >= 11 is 0. The molecule has 26 heavy (non-hydrogen) atoms. The number of anilines is 3. The van der Waals surface area contributed by atoms with Crippen LogP contribution in [0, 0.1) is 22.7 Å². The molecular formula is C19H12N6O. The number of hydrogen-bond acceptors (Lipinski definition) is 6. The maximum absolute atomic E-state index is 12.2. The first-order valence-electron chi connectivity index (χ1n) is 7.60. The van der Waals surface area contributed by atoms with Crippen molar-refractivity contribution in [2.45, 2.75) is 0 Å². The van der Waals surface area contributed by atoms with Gasteiger partial charge in [0.05, 0.1) is 23.3 Å². The normalized spacial score (nSPS) is 9.62. The molecule has 0 radical (unpaired) electrons. The van der Waals surface area contributed by atoms with Crippen LogP contribution >= 0.6 is 0 Å². The van der Waals surface area contributed by atoms with E-state index in [0.717, 1.165) is 5.69 Å². The molecule has 2 N–H and O–H groups in total. The van der Waals surface area contributed by atoms with E-state index in [0.29, 0.717) is 22.6 Å². The second kappa shape index (κ2) is 7.56. The Morgan fingerprint density at radius 2 is 1.35 bits per heavy atom. The van der Waals surface area contributed by atoms with Gasteiger partial charge in [-0.2, -0.15) is 10.5 Å². The molecule has 0 fully saturated rings. The van der Waals surface area contributed by atoms with Gasteiger partial charge in [0.1, 0.15) is 0 Å². The van der Waals surface area contributed by atoms with Crippen molar-refractivity contribution in [1.82, 2.24) is 10.2 Å². The molecule has 2 aromatic carbocycles. The molecule has 3 rings (SSSR count). The predicted octanol–water partition coefficient (Wildman–Crippen LogP) is 3.22. The monoisotopic (exact) mass is 340 g/mol. The zero-order valence-electron chi connectivity index (χ0n) is 13.5. The average Bonchev–Trinajstić information content (AvgIpc) is 2.69. The number of hydrogen-bond donors (Lipinski definition) is 2. The third kappa shape index (κ3) is 3.99. The summed E-state index contributed by atoms with van der Waals surface area (Å²) in [5, 5.41) is 31.2. The lowest BCUT2D eigenvalue weighted by Gasteiger charge is -2.07. The molecular weight excluding hydrogens is 328 g/mol. The van der Waals surface area contributed by atoms with E-state index in [-0.39, 0.29) is 5.69 Å². The minimum absolute atomic E-state index is 0.166. The first-order valence-corrected chi connectivity index (χ1v) is 7.60. The van der Waals surface area contributed by atoms with Crippen LogP contribution in [0.2, 0.25) is 0 Å². The molecule has 0 spiro atoms. The summed E-state index contributed by atoms with van der Waals surface area (Å²) in [4.78, 5) is 12.2. The number of carbonyl (C=O) groups is 1. The molecule has 0 atom stereocenters. The summed E-state index contributed by atoms with van der Waals surface area (Å²) in [6.07, 6.45) is 0. The molecule has 1 heterocycles. The van der Waals surface area contributed by atoms with E-state index in [9.17, 15) is 4.79 Å². The summed E-state index contributed by atoms with van der Waals surface area (Å²) < 4.78 is 0. The maximum atomic E-state index is 12.2. The van der Waals surface area contributed by atoms with Gasteiger partial charge in [0.25, 0.3) is 5.91 Å². The molecule has 0 saturated carbocycles. The van der Waals surface area contributed by atoms with Gasteiger partial charge in [0.15, 0.2) is 11.5 Å². The van der Waals surface area contributed by atoms with Crippen molar-refractivity contribution < 1.29 is 4.79 Å². The molecule has 0 aliphatic rings. The summed E-state index contributed by atoms with van der Waals surface area (Å²) in [6.45, 7) is 0. The lowest BCUT2D eigenvalue weighted by molar-refractivity contribution is 0.102. The zero-order valence-corrected chi connectivity index (χ0v) is 13.5. The first-order chi connectivity index (χ1) is 12.7. The Kier molecular flexibility index (Phi) is 4.83. The lowest BCUT2D eigenvalue weighted by atomic mass is 10.2. The van der Waals surface area contributed by atoms with Gasteiger partial charge in [-0.25, -0.2) is 0 Å². The van der Waals surface area contributed by atoms with Crippen LogP contribution in [0.1, 0.15) is 21.6 Å². The zero-order chi connectivity index (χ0) is 18.4. The van der Waals surface area contributed by atoms with Crippen LogP contribution in [0.4, 0.5) is 17.2 Å². The van der Waals surface area contributed by atoms with Gasteiger partial charge in [-0.3, -0.25) is 4.79 Å². The number of nitrogens with one attached hydrogen (secondary N) is 2. The second-order valence-corrected chi connectivity index (χ2v) is 5.26. The Morgan fingerprint density at radius 3 is 1.85 bits per heavy atom. The SMILES string of the molecule is N#Cc1ccc(NC(=O)c2ccc(Nc3ccc(C#N)cc3)nn2)cc1. The number of rotatable bonds is 4. The molecule has 3 aromatic rings. The summed E-state index contributed by atoms with van der Waals surface area (Å²) in [5.74, 6) is 0.0803. The van der Waals surface area contributed by atoms with E-state index in [1.807, 2.05) is 12.1 Å². The van der Waals surface area contributed by atoms with Crippen LogP contribution < -0.4 is 10.6 Å². The van der Waals surface area contributed by atoms with E-state index >= 15 is 0 Å². The number of benzene rings is 2. The topological polar surface area (TPSA) is 114 Å². The van der Waals surface area contributed by atoms with Crippen molar-refractivity contribution in [1.29, 1.82) is 10.5 Å². The highest BCUT2D eigenvalue weighted by atomic mass is 16.1. The number of nitrogens with zero attached hydrogens (tertiary/aromatic N) is 4. The number of amides is 1. The van der Waals surface area contributed by atoms with Crippen LogP contribution in [-0.4, -0.2) is 16.1 Å². The summed E-state index contributed by atoms with van der Waals surface area (Å²) in [7, 11) is 0. The molecule has 0 aliphatic carbocycles. The average molecular weight is 340 g/mol. The number of carbonyl (C=O) groups excluding carboxylic acids is 1. The van der Waals surface area contributed by atoms with Gasteiger partial charge in [0.2, 0.25) is 0 Å². The molecule has 1 amide bonds. The van der Waals surface area contributed by atoms with Gasteiger partial charge < -0.3 is 10.6 Å². The van der Waals surface area contributed by atoms with Crippen molar-refractivity contribution in [3.05, 3.63) is 77.5 Å². The Balaban J connectivity index is 1.65. The minimum Gasteiger partial charge on any atom is -0.339 e. The summed E-state index contributed by atoms with van der Waals surface area (Å²) in [6, 6.07) is 20.7. The quantitative estimate of drug-likeness (QED) is 0.753. The highest BCUT2D eigenvalue weighted by molar-refractivity contribution is 6.02. The molecule has 0 saturated heterocycles. The number of nitriles is 2. The smallest absolute Gasteiger partial charge is 0.276 e. The van der Waals surface area contributed by atoms with E-state index < -0.39 is 5.91 Å². The van der Waals surface area contributed by atoms with Gasteiger partial charge in [-0.15, -0.1) is 10.2 Å². The molecule has 7 heteroatoms. The van der Waals surface area contributed by atoms with Crippen LogP contribution in [0.25, 0.3) is 0 Å². The van der Waals surface area contributed by atoms with E-state index in [4.69, 9.17) is 10.5 Å². The molecule has 1 aromatic heterocycles. The lowest BCUT2D eigenvalue weighted by Crippen LogP contribution is -2.14. The molecule has 0 aliphatic heterocycles. The van der Waals surface area contributed by atoms with Crippen molar-refractivity contribution in [3.63, 3.8) is 0 Å². The molecule has 0 unspecified atom stereocenters. The third-order valence-corrected chi connectivity index (χ3v) is 3.46. The third-order valence-electron chi connectivity index (χ3n) is 3.46. The summed E-state index contributed by atoms with van der Waals surface area (Å²) in [5.41, 5.74) is 2.57. The largest absolute Gasteiger partial charge is 0.339 e. The van der Waals surface area contributed by atoms with E-state index in [2.05, 4.69) is 20.8 Å². The standard InChI is InChI=1S/C19H12N6O/c20-11-13-1-5-15(6-2-13)22-18-10-9-17(24-25-18)19(26)23-16-7-3-14(12-21)4-8-16/h1-10H,(H,22,25)(H,23,26). The van der Waals surface area contributed by atoms with Crippen molar-refractivity contribution in [3.8, 4) is 12.1 Å². The van der Waals surface area contributed by atoms with Crippen molar-refractivity contribution >= 4 is 23.1 Å². The fourth-order valence-corrected chi connectivity index (χ4v) is 2.12.